The molecule has 1 saturated heterocycles. The Morgan fingerprint density at radius 2 is 1.97 bits per heavy atom. The van der Waals surface area contributed by atoms with Crippen LogP contribution in [0, 0.1) is 10.1 Å². The zero-order chi connectivity index (χ0) is 24.2. The number of benzene rings is 1. The van der Waals surface area contributed by atoms with E-state index in [0.717, 1.165) is 35.8 Å². The molecule has 1 aromatic carbocycles. The average Bonchev–Trinajstić information content (AvgIpc) is 3.43. The summed E-state index contributed by atoms with van der Waals surface area (Å²) in [6.45, 7) is 1.32. The van der Waals surface area contributed by atoms with Crippen molar-refractivity contribution < 1.29 is 33.5 Å². The molecule has 1 aromatic heterocycles. The molecule has 1 N–H and O–H groups in total. The molecular formula is C22H23N3O8S. The first-order valence-electron chi connectivity index (χ1n) is 10.7. The van der Waals surface area contributed by atoms with Crippen molar-refractivity contribution in [3.63, 3.8) is 0 Å². The molecule has 12 heteroatoms. The number of nitrogens with zero attached hydrogens (tertiary/aromatic N) is 2. The third-order valence-electron chi connectivity index (χ3n) is 5.66. The van der Waals surface area contributed by atoms with Gasteiger partial charge >= 0.3 is 11.9 Å². The van der Waals surface area contributed by atoms with Gasteiger partial charge in [0.15, 0.2) is 6.61 Å². The lowest BCUT2D eigenvalue weighted by Gasteiger charge is -2.30. The Bertz CT molecular complexity index is 1140. The number of thiophene rings is 1. The molecule has 4 rings (SSSR count). The zero-order valence-electron chi connectivity index (χ0n) is 18.5. The molecule has 1 fully saturated rings. The van der Waals surface area contributed by atoms with Crippen LogP contribution in [0.15, 0.2) is 18.2 Å². The molecule has 2 heterocycles. The van der Waals surface area contributed by atoms with Gasteiger partial charge in [0.1, 0.15) is 5.00 Å². The Hall–Kier alpha value is -3.51. The molecule has 0 atom stereocenters. The molecule has 180 valence electrons. The summed E-state index contributed by atoms with van der Waals surface area (Å²) in [5.74, 6) is -2.02. The second-order valence-corrected chi connectivity index (χ2v) is 8.84. The van der Waals surface area contributed by atoms with Gasteiger partial charge in [0, 0.05) is 30.1 Å². The van der Waals surface area contributed by atoms with Gasteiger partial charge in [0.25, 0.3) is 11.6 Å². The summed E-state index contributed by atoms with van der Waals surface area (Å²) in [6, 6.07) is 3.96. The van der Waals surface area contributed by atoms with Crippen LogP contribution in [0.4, 0.5) is 16.4 Å². The van der Waals surface area contributed by atoms with Crippen molar-refractivity contribution in [2.75, 3.05) is 50.2 Å². The van der Waals surface area contributed by atoms with Crippen LogP contribution in [0.3, 0.4) is 0 Å². The highest BCUT2D eigenvalue weighted by Crippen LogP contribution is 2.39. The molecule has 1 aliphatic heterocycles. The predicted octanol–water partition coefficient (Wildman–Crippen LogP) is 2.56. The standard InChI is InChI=1S/C22H23N3O8S/c1-31-22(28)19-14-3-2-4-17(14)34-20(19)23-18(26)12-33-21(27)15-11-13(25(29)30)5-6-16(15)24-7-9-32-10-8-24/h5-6,11H,2-4,7-10,12H2,1H3,(H,23,26). The molecule has 0 radical (unpaired) electrons. The highest BCUT2D eigenvalue weighted by molar-refractivity contribution is 7.17. The first kappa shape index (κ1) is 23.6. The number of hydrogen-bond donors (Lipinski definition) is 1. The summed E-state index contributed by atoms with van der Waals surface area (Å²) >= 11 is 1.31. The van der Waals surface area contributed by atoms with Crippen molar-refractivity contribution in [2.24, 2.45) is 0 Å². The van der Waals surface area contributed by atoms with Crippen LogP contribution in [-0.2, 0) is 31.8 Å². The van der Waals surface area contributed by atoms with Crippen LogP contribution in [0.5, 0.6) is 0 Å². The lowest BCUT2D eigenvalue weighted by atomic mass is 10.1. The van der Waals surface area contributed by atoms with Gasteiger partial charge in [-0.1, -0.05) is 0 Å². The molecule has 1 aliphatic carbocycles. The summed E-state index contributed by atoms with van der Waals surface area (Å²) in [7, 11) is 1.28. The Balaban J connectivity index is 1.48. The van der Waals surface area contributed by atoms with Crippen molar-refractivity contribution >= 4 is 45.6 Å². The number of anilines is 2. The van der Waals surface area contributed by atoms with E-state index in [1.807, 2.05) is 4.90 Å². The second kappa shape index (κ2) is 10.2. The largest absolute Gasteiger partial charge is 0.465 e. The molecule has 2 aliphatic rings. The number of methoxy groups -OCH3 is 1. The first-order chi connectivity index (χ1) is 16.4. The lowest BCUT2D eigenvalue weighted by Crippen LogP contribution is -2.37. The molecule has 34 heavy (non-hydrogen) atoms. The number of esters is 2. The first-order valence-corrected chi connectivity index (χ1v) is 11.5. The summed E-state index contributed by atoms with van der Waals surface area (Å²) in [4.78, 5) is 51.1. The molecule has 0 saturated carbocycles. The number of nitro groups is 1. The number of aryl methyl sites for hydroxylation is 1. The van der Waals surface area contributed by atoms with Crippen LogP contribution < -0.4 is 10.2 Å². The van der Waals surface area contributed by atoms with E-state index >= 15 is 0 Å². The van der Waals surface area contributed by atoms with Crippen LogP contribution in [0.25, 0.3) is 0 Å². The van der Waals surface area contributed by atoms with Crippen LogP contribution in [-0.4, -0.2) is 62.8 Å². The van der Waals surface area contributed by atoms with Gasteiger partial charge in [-0.3, -0.25) is 14.9 Å². The van der Waals surface area contributed by atoms with Gasteiger partial charge in [-0.15, -0.1) is 11.3 Å². The van der Waals surface area contributed by atoms with Gasteiger partial charge in [-0.25, -0.2) is 9.59 Å². The number of rotatable bonds is 7. The number of morpholine rings is 1. The fourth-order valence-corrected chi connectivity index (χ4v) is 5.36. The number of carbonyl (C=O) groups excluding carboxylic acids is 3. The van der Waals surface area contributed by atoms with E-state index in [1.165, 1.54) is 30.6 Å². The Labute approximate surface area is 198 Å². The Morgan fingerprint density at radius 1 is 1.21 bits per heavy atom. The van der Waals surface area contributed by atoms with Crippen molar-refractivity contribution in [2.45, 2.75) is 19.3 Å². The topological polar surface area (TPSA) is 137 Å². The van der Waals surface area contributed by atoms with Crippen molar-refractivity contribution in [3.8, 4) is 0 Å². The number of ether oxygens (including phenoxy) is 3. The summed E-state index contributed by atoms with van der Waals surface area (Å²) in [5, 5.41) is 14.2. The number of nitro benzene ring substituents is 1. The number of carbonyl (C=O) groups is 3. The maximum absolute atomic E-state index is 12.8. The molecule has 1 amide bonds. The van der Waals surface area contributed by atoms with Gasteiger partial charge in [-0.05, 0) is 30.9 Å². The SMILES string of the molecule is COC(=O)c1c(NC(=O)COC(=O)c2cc([N+](=O)[O-])ccc2N2CCOCC2)sc2c1CCC2. The maximum Gasteiger partial charge on any atom is 0.341 e. The van der Waals surface area contributed by atoms with Gasteiger partial charge < -0.3 is 24.4 Å². The smallest absolute Gasteiger partial charge is 0.341 e. The summed E-state index contributed by atoms with van der Waals surface area (Å²) in [6.07, 6.45) is 2.50. The Kier molecular flexibility index (Phi) is 7.08. The van der Waals surface area contributed by atoms with Gasteiger partial charge in [0.2, 0.25) is 0 Å². The number of nitrogens with one attached hydrogen (secondary N) is 1. The highest BCUT2D eigenvalue weighted by Gasteiger charge is 2.29. The normalized spacial score (nSPS) is 14.9. The van der Waals surface area contributed by atoms with Gasteiger partial charge in [0.05, 0.1) is 42.1 Å². The van der Waals surface area contributed by atoms with Crippen LogP contribution in [0.2, 0.25) is 0 Å². The van der Waals surface area contributed by atoms with E-state index in [9.17, 15) is 24.5 Å². The van der Waals surface area contributed by atoms with E-state index in [4.69, 9.17) is 14.2 Å². The monoisotopic (exact) mass is 489 g/mol. The minimum Gasteiger partial charge on any atom is -0.465 e. The summed E-state index contributed by atoms with van der Waals surface area (Å²) < 4.78 is 15.4. The lowest BCUT2D eigenvalue weighted by molar-refractivity contribution is -0.384. The second-order valence-electron chi connectivity index (χ2n) is 7.74. The minimum atomic E-state index is -0.859. The third-order valence-corrected chi connectivity index (χ3v) is 6.87. The van der Waals surface area contributed by atoms with E-state index in [0.29, 0.717) is 42.6 Å². The van der Waals surface area contributed by atoms with Crippen molar-refractivity contribution in [3.05, 3.63) is 49.9 Å². The Morgan fingerprint density at radius 3 is 2.68 bits per heavy atom. The fourth-order valence-electron chi connectivity index (χ4n) is 4.06. The van der Waals surface area contributed by atoms with Gasteiger partial charge in [-0.2, -0.15) is 0 Å². The number of fused-ring (bicyclic) bond motifs is 1. The number of amides is 1. The fraction of sp³-hybridized carbons (Fsp3) is 0.409. The molecule has 0 bridgehead atoms. The molecule has 2 aromatic rings. The number of non-ortho nitro benzene ring substituents is 1. The predicted molar refractivity (Wildman–Crippen MR) is 123 cm³/mol. The van der Waals surface area contributed by atoms with Crippen molar-refractivity contribution in [1.82, 2.24) is 0 Å². The highest BCUT2D eigenvalue weighted by atomic mass is 32.1. The van der Waals surface area contributed by atoms with Crippen molar-refractivity contribution in [1.29, 1.82) is 0 Å². The third kappa shape index (κ3) is 4.87. The van der Waals surface area contributed by atoms with Crippen LogP contribution >= 0.6 is 11.3 Å². The quantitative estimate of drug-likeness (QED) is 0.353. The van der Waals surface area contributed by atoms with E-state index in [2.05, 4.69) is 5.32 Å². The molecule has 0 unspecified atom stereocenters. The van der Waals surface area contributed by atoms with E-state index < -0.39 is 29.4 Å². The maximum atomic E-state index is 12.8. The molecule has 0 spiro atoms. The van der Waals surface area contributed by atoms with E-state index in [1.54, 1.807) is 0 Å². The summed E-state index contributed by atoms with van der Waals surface area (Å²) in [5.41, 5.74) is 1.43. The minimum absolute atomic E-state index is 0.00532. The zero-order valence-corrected chi connectivity index (χ0v) is 19.3. The molecular weight excluding hydrogens is 466 g/mol. The number of hydrogen-bond acceptors (Lipinski definition) is 10. The van der Waals surface area contributed by atoms with E-state index in [-0.39, 0.29) is 11.3 Å². The molecule has 11 nitrogen and oxygen atoms in total. The van der Waals surface area contributed by atoms with Crippen LogP contribution in [0.1, 0.15) is 37.6 Å². The average molecular weight is 490 g/mol.